The fraction of sp³-hybridized carbons (Fsp3) is 0.541. The van der Waals surface area contributed by atoms with Gasteiger partial charge in [-0.3, -0.25) is 14.8 Å². The first-order chi connectivity index (χ1) is 37.9. The lowest BCUT2D eigenvalue weighted by molar-refractivity contribution is -0.141. The number of aliphatic carboxylic acids is 1. The van der Waals surface area contributed by atoms with Gasteiger partial charge in [0, 0.05) is 39.2 Å². The first-order valence-corrected chi connectivity index (χ1v) is 29.8. The molecule has 0 bridgehead atoms. The van der Waals surface area contributed by atoms with E-state index in [4.69, 9.17) is 19.4 Å². The van der Waals surface area contributed by atoms with Crippen molar-refractivity contribution in [2.24, 2.45) is 11.8 Å². The summed E-state index contributed by atoms with van der Waals surface area (Å²) >= 11 is 3.26. The van der Waals surface area contributed by atoms with Crippen molar-refractivity contribution >= 4 is 80.9 Å². The number of carboxylic acid groups (broad SMARTS) is 1. The molecule has 20 heteroatoms. The number of halogens is 1. The van der Waals surface area contributed by atoms with Gasteiger partial charge in [0.15, 0.2) is 0 Å². The number of ether oxygens (including phenoxy) is 2. The Morgan fingerprint density at radius 3 is 1.58 bits per heavy atom. The third-order valence-corrected chi connectivity index (χ3v) is 16.7. The predicted molar refractivity (Wildman–Crippen MR) is 322 cm³/mol. The van der Waals surface area contributed by atoms with Crippen LogP contribution in [-0.4, -0.2) is 101 Å². The van der Waals surface area contributed by atoms with Crippen molar-refractivity contribution in [1.82, 2.24) is 40.8 Å². The molecule has 440 valence electrons. The first kappa shape index (κ1) is 64.3. The Morgan fingerprint density at radius 2 is 1.11 bits per heavy atom. The van der Waals surface area contributed by atoms with E-state index < -0.39 is 41.4 Å². The van der Waals surface area contributed by atoms with Gasteiger partial charge in [0.2, 0.25) is 5.91 Å². The minimum Gasteiger partial charge on any atom is -0.480 e. The molecule has 2 aliphatic heterocycles. The van der Waals surface area contributed by atoms with Crippen LogP contribution in [0.3, 0.4) is 0 Å². The molecule has 6 N–H and O–H groups in total. The van der Waals surface area contributed by atoms with Gasteiger partial charge in [-0.15, -0.1) is 35.1 Å². The number of alkyl carbamates (subject to hydrolysis) is 2. The highest BCUT2D eigenvalue weighted by Crippen LogP contribution is 2.40. The van der Waals surface area contributed by atoms with E-state index in [0.29, 0.717) is 24.0 Å². The van der Waals surface area contributed by atoms with Crippen LogP contribution < -0.4 is 16.0 Å². The van der Waals surface area contributed by atoms with Gasteiger partial charge >= 0.3 is 18.2 Å². The number of fused-ring (bicyclic) bond motifs is 2. The average molecular weight is 1170 g/mol. The number of pyridine rings is 2. The van der Waals surface area contributed by atoms with Crippen LogP contribution >= 0.6 is 35.1 Å². The maximum absolute atomic E-state index is 14.1. The number of aromatic nitrogens is 4. The zero-order chi connectivity index (χ0) is 56.3. The molecule has 2 saturated carbocycles. The Balaban J connectivity index is 0.000000213. The standard InChI is InChI=1S/C30H38N4O4S.C17H17N3OS.C13H23NO4.CH4.ClH/c1-30(2,3)38-29(37)33-26(19-10-5-4-6-11-19)28(36)34-15-9-14-25(34)27-32-24(18-39-27)22-16-20(17-35)31-23-13-8-7-12-21(22)23;21-9-11-8-13(12-4-1-2-5-14(12)19-11)16-10-22-17(20-16)15-6-3-7-18-15;1-13(2,3)18-12(17)14-10(11(15)16)9-7-5-4-6-8-9;;/h7-8,12-13,16,18-19,25-26,35H,4-6,9-11,14-15,17H2,1-3H3,(H,33,37);1-2,4-5,8,10,15,18,21H,3,6-7,9H2;9-10H,4-8H2,1-3H3,(H,14,17)(H,15,16);1H4;1H/t25-,26-;15-;10-;;/m000../s1. The summed E-state index contributed by atoms with van der Waals surface area (Å²) in [7, 11) is 0. The van der Waals surface area contributed by atoms with E-state index in [1.807, 2.05) is 85.6 Å². The molecular formula is C61H83ClN8O9S2. The molecule has 0 radical (unpaired) electrons. The molecule has 0 unspecified atom stereocenters. The quantitative estimate of drug-likeness (QED) is 0.0668. The molecule has 4 atom stereocenters. The Labute approximate surface area is 490 Å². The maximum atomic E-state index is 14.1. The van der Waals surface area contributed by atoms with Crippen LogP contribution in [0.4, 0.5) is 9.59 Å². The first-order valence-electron chi connectivity index (χ1n) is 28.0. The highest BCUT2D eigenvalue weighted by Gasteiger charge is 2.41. The molecule has 17 nitrogen and oxygen atoms in total. The van der Waals surface area contributed by atoms with Gasteiger partial charge in [-0.2, -0.15) is 0 Å². The highest BCUT2D eigenvalue weighted by atomic mass is 35.5. The van der Waals surface area contributed by atoms with Crippen molar-refractivity contribution in [3.05, 3.63) is 92.8 Å². The van der Waals surface area contributed by atoms with Crippen molar-refractivity contribution in [3.8, 4) is 22.5 Å². The van der Waals surface area contributed by atoms with Crippen molar-refractivity contribution in [2.45, 2.75) is 187 Å². The number of carboxylic acids is 1. The van der Waals surface area contributed by atoms with E-state index in [0.717, 1.165) is 138 Å². The summed E-state index contributed by atoms with van der Waals surface area (Å²) in [6, 6.07) is 18.5. The van der Waals surface area contributed by atoms with E-state index in [2.05, 4.69) is 37.4 Å². The second kappa shape index (κ2) is 29.4. The monoisotopic (exact) mass is 1170 g/mol. The summed E-state index contributed by atoms with van der Waals surface area (Å²) in [4.78, 5) is 70.4. The molecule has 4 aliphatic rings. The zero-order valence-corrected chi connectivity index (χ0v) is 49.3. The third kappa shape index (κ3) is 17.4. The summed E-state index contributed by atoms with van der Waals surface area (Å²) in [5.74, 6) is -0.896. The summed E-state index contributed by atoms with van der Waals surface area (Å²) in [6.07, 6.45) is 13.0. The smallest absolute Gasteiger partial charge is 0.408 e. The van der Waals surface area contributed by atoms with Gasteiger partial charge in [-0.05, 0) is 136 Å². The molecule has 10 rings (SSSR count). The van der Waals surface area contributed by atoms with E-state index in [1.54, 1.807) is 43.4 Å². The fourth-order valence-corrected chi connectivity index (χ4v) is 13.0. The number of nitrogens with one attached hydrogen (secondary N) is 3. The maximum Gasteiger partial charge on any atom is 0.408 e. The number of para-hydroxylation sites is 2. The molecule has 2 aliphatic carbocycles. The van der Waals surface area contributed by atoms with Crippen LogP contribution in [-0.2, 0) is 32.3 Å². The summed E-state index contributed by atoms with van der Waals surface area (Å²) < 4.78 is 10.6. The Morgan fingerprint density at radius 1 is 0.642 bits per heavy atom. The summed E-state index contributed by atoms with van der Waals surface area (Å²) in [6.45, 7) is 12.3. The van der Waals surface area contributed by atoms with Crippen molar-refractivity contribution in [1.29, 1.82) is 0 Å². The minimum absolute atomic E-state index is 0. The fourth-order valence-electron chi connectivity index (χ4n) is 11.1. The van der Waals surface area contributed by atoms with Gasteiger partial charge < -0.3 is 45.6 Å². The largest absolute Gasteiger partial charge is 0.480 e. The van der Waals surface area contributed by atoms with Crippen molar-refractivity contribution in [3.63, 3.8) is 0 Å². The topological polar surface area (TPSA) is 238 Å². The van der Waals surface area contributed by atoms with E-state index in [1.165, 1.54) is 12.8 Å². The third-order valence-electron chi connectivity index (χ3n) is 14.8. The Hall–Kier alpha value is -5.83. The van der Waals surface area contributed by atoms with Gasteiger partial charge in [0.25, 0.3) is 0 Å². The number of likely N-dealkylation sites (tertiary alicyclic amines) is 1. The molecule has 0 spiro atoms. The zero-order valence-electron chi connectivity index (χ0n) is 46.9. The van der Waals surface area contributed by atoms with Gasteiger partial charge in [0.1, 0.15) is 33.3 Å². The lowest BCUT2D eigenvalue weighted by atomic mass is 9.83. The van der Waals surface area contributed by atoms with Crippen LogP contribution in [0.1, 0.15) is 172 Å². The molecular weight excluding hydrogens is 1090 g/mol. The van der Waals surface area contributed by atoms with Crippen molar-refractivity contribution in [2.75, 3.05) is 13.1 Å². The Kier molecular flexibility index (Phi) is 23.4. The number of hydrogen-bond donors (Lipinski definition) is 6. The van der Waals surface area contributed by atoms with E-state index in [-0.39, 0.29) is 56.8 Å². The van der Waals surface area contributed by atoms with Crippen LogP contribution in [0, 0.1) is 11.8 Å². The average Bonchev–Trinajstić information content (AvgIpc) is 4.41. The van der Waals surface area contributed by atoms with Gasteiger partial charge in [0.05, 0.1) is 59.1 Å². The summed E-state index contributed by atoms with van der Waals surface area (Å²) in [5.41, 5.74) is 5.52. The number of hydrogen-bond acceptors (Lipinski definition) is 15. The molecule has 81 heavy (non-hydrogen) atoms. The second-order valence-corrected chi connectivity index (χ2v) is 24.8. The van der Waals surface area contributed by atoms with Crippen LogP contribution in [0.2, 0.25) is 0 Å². The number of nitrogens with zero attached hydrogens (tertiary/aromatic N) is 5. The normalized spacial score (nSPS) is 18.4. The van der Waals surface area contributed by atoms with Crippen LogP contribution in [0.25, 0.3) is 44.3 Å². The number of aliphatic hydroxyl groups excluding tert-OH is 2. The lowest BCUT2D eigenvalue weighted by Crippen LogP contribution is -2.53. The van der Waals surface area contributed by atoms with Crippen molar-refractivity contribution < 1.29 is 44.0 Å². The minimum atomic E-state index is -0.979. The number of aliphatic hydroxyl groups is 2. The van der Waals surface area contributed by atoms with Gasteiger partial charge in [-0.25, -0.2) is 24.4 Å². The molecule has 2 aromatic carbocycles. The lowest BCUT2D eigenvalue weighted by Gasteiger charge is -2.35. The number of carbonyl (C=O) groups excluding carboxylic acids is 3. The predicted octanol–water partition coefficient (Wildman–Crippen LogP) is 12.9. The number of amides is 3. The van der Waals surface area contributed by atoms with Crippen LogP contribution in [0.15, 0.2) is 71.4 Å². The number of rotatable bonds is 12. The summed E-state index contributed by atoms with van der Waals surface area (Å²) in [5, 5.41) is 45.6. The molecule has 4 aromatic heterocycles. The second-order valence-electron chi connectivity index (χ2n) is 23.0. The highest BCUT2D eigenvalue weighted by molar-refractivity contribution is 7.10. The van der Waals surface area contributed by atoms with E-state index >= 15 is 0 Å². The Bertz CT molecular complexity index is 3030. The SMILES string of the molecule is C.CC(C)(C)OC(=O)N[C@H](C(=O)N1CCC[C@H]1c1nc(-c2cc(CO)nc3ccccc23)cs1)C1CCCCC1.CC(C)(C)OC(=O)N[C@H](C(=O)O)C1CCCCC1.Cl.OCc1cc(-c2csc([C@@H]3CCCN3)n2)c2ccccc2n1. The number of carbonyl (C=O) groups is 4. The van der Waals surface area contributed by atoms with E-state index in [9.17, 15) is 34.5 Å². The molecule has 3 amide bonds. The molecule has 6 heterocycles. The number of benzene rings is 2. The molecule has 2 saturated heterocycles. The number of thiazole rings is 2. The van der Waals surface area contributed by atoms with Crippen LogP contribution in [0.5, 0.6) is 0 Å². The molecule has 4 fully saturated rings. The molecule has 6 aromatic rings. The van der Waals surface area contributed by atoms with Gasteiger partial charge in [-0.1, -0.05) is 82.3 Å².